The molecule has 2 aromatic rings. The average molecular weight is 213 g/mol. The number of rotatable bonds is 3. The summed E-state index contributed by atoms with van der Waals surface area (Å²) in [5.41, 5.74) is 2.03. The van der Waals surface area contributed by atoms with E-state index in [1.165, 1.54) is 0 Å². The Balaban J connectivity index is 2.11. The predicted octanol–water partition coefficient (Wildman–Crippen LogP) is 2.96. The number of aryl methyl sites for hydroxylation is 1. The zero-order valence-electron chi connectivity index (χ0n) is 9.51. The minimum atomic E-state index is 0.162. The lowest BCUT2D eigenvalue weighted by Gasteiger charge is -2.13. The van der Waals surface area contributed by atoms with Gasteiger partial charge in [-0.05, 0) is 38.1 Å². The smallest absolute Gasteiger partial charge is 0.126 e. The minimum absolute atomic E-state index is 0.162. The van der Waals surface area contributed by atoms with E-state index in [9.17, 15) is 0 Å². The fraction of sp³-hybridized carbons (Fsp3) is 0.231. The summed E-state index contributed by atoms with van der Waals surface area (Å²) in [5.74, 6) is 0.887. The summed E-state index contributed by atoms with van der Waals surface area (Å²) in [5, 5.41) is 3.33. The predicted molar refractivity (Wildman–Crippen MR) is 65.2 cm³/mol. The zero-order chi connectivity index (χ0) is 11.4. The Morgan fingerprint density at radius 2 is 2.00 bits per heavy atom. The summed E-state index contributed by atoms with van der Waals surface area (Å²) in [6, 6.07) is 12.0. The second-order valence-corrected chi connectivity index (χ2v) is 3.78. The molecule has 0 fully saturated rings. The number of aromatic nitrogens is 2. The summed E-state index contributed by atoms with van der Waals surface area (Å²) in [6.07, 6.45) is 1.80. The van der Waals surface area contributed by atoms with Crippen molar-refractivity contribution in [2.24, 2.45) is 0 Å². The van der Waals surface area contributed by atoms with Gasteiger partial charge in [0.1, 0.15) is 5.82 Å². The van der Waals surface area contributed by atoms with Crippen molar-refractivity contribution in [1.29, 1.82) is 0 Å². The first-order valence-corrected chi connectivity index (χ1v) is 5.37. The molecule has 0 saturated heterocycles. The fourth-order valence-electron chi connectivity index (χ4n) is 1.55. The molecule has 1 atom stereocenters. The molecule has 0 spiro atoms. The zero-order valence-corrected chi connectivity index (χ0v) is 9.51. The first-order valence-electron chi connectivity index (χ1n) is 5.37. The van der Waals surface area contributed by atoms with Crippen LogP contribution in [-0.4, -0.2) is 9.97 Å². The van der Waals surface area contributed by atoms with Crippen molar-refractivity contribution in [3.8, 4) is 0 Å². The standard InChI is InChI=1S/C13H15N3/c1-10-6-5-8-13(15-10)16-11(2)12-7-3-4-9-14-12/h3-9,11H,1-2H3,(H,15,16). The van der Waals surface area contributed by atoms with Crippen LogP contribution in [-0.2, 0) is 0 Å². The molecule has 0 aromatic carbocycles. The third-order valence-electron chi connectivity index (χ3n) is 2.38. The lowest BCUT2D eigenvalue weighted by Crippen LogP contribution is -2.09. The maximum Gasteiger partial charge on any atom is 0.126 e. The third kappa shape index (κ3) is 2.57. The van der Waals surface area contributed by atoms with Crippen LogP contribution in [0.25, 0.3) is 0 Å². The summed E-state index contributed by atoms with van der Waals surface area (Å²) >= 11 is 0. The number of anilines is 1. The van der Waals surface area contributed by atoms with Crippen molar-refractivity contribution in [1.82, 2.24) is 9.97 Å². The Morgan fingerprint density at radius 3 is 2.69 bits per heavy atom. The van der Waals surface area contributed by atoms with Crippen molar-refractivity contribution < 1.29 is 0 Å². The maximum absolute atomic E-state index is 4.40. The van der Waals surface area contributed by atoms with Crippen molar-refractivity contribution >= 4 is 5.82 Å². The fourth-order valence-corrected chi connectivity index (χ4v) is 1.55. The molecule has 1 unspecified atom stereocenters. The van der Waals surface area contributed by atoms with Gasteiger partial charge in [-0.2, -0.15) is 0 Å². The van der Waals surface area contributed by atoms with E-state index in [0.717, 1.165) is 17.2 Å². The lowest BCUT2D eigenvalue weighted by molar-refractivity contribution is 0.830. The summed E-state index contributed by atoms with van der Waals surface area (Å²) < 4.78 is 0. The van der Waals surface area contributed by atoms with Gasteiger partial charge >= 0.3 is 0 Å². The highest BCUT2D eigenvalue weighted by molar-refractivity contribution is 5.37. The topological polar surface area (TPSA) is 37.8 Å². The highest BCUT2D eigenvalue weighted by Gasteiger charge is 2.06. The van der Waals surface area contributed by atoms with Gasteiger partial charge in [0.25, 0.3) is 0 Å². The molecule has 3 heteroatoms. The van der Waals surface area contributed by atoms with Crippen LogP contribution in [0.15, 0.2) is 42.6 Å². The Bertz CT molecular complexity index is 454. The van der Waals surface area contributed by atoms with Crippen LogP contribution in [0.2, 0.25) is 0 Å². The molecular formula is C13H15N3. The molecule has 0 radical (unpaired) electrons. The molecule has 2 heterocycles. The molecule has 1 N–H and O–H groups in total. The molecular weight excluding hydrogens is 198 g/mol. The van der Waals surface area contributed by atoms with Gasteiger partial charge in [0.05, 0.1) is 11.7 Å². The van der Waals surface area contributed by atoms with Gasteiger partial charge < -0.3 is 5.32 Å². The maximum atomic E-state index is 4.40. The molecule has 0 saturated carbocycles. The molecule has 0 aliphatic carbocycles. The van der Waals surface area contributed by atoms with E-state index < -0.39 is 0 Å². The number of nitrogens with zero attached hydrogens (tertiary/aromatic N) is 2. The van der Waals surface area contributed by atoms with Gasteiger partial charge in [0.2, 0.25) is 0 Å². The molecule has 0 aliphatic rings. The summed E-state index contributed by atoms with van der Waals surface area (Å²) in [4.78, 5) is 8.71. The molecule has 2 rings (SSSR count). The molecule has 3 nitrogen and oxygen atoms in total. The number of hydrogen-bond donors (Lipinski definition) is 1. The van der Waals surface area contributed by atoms with E-state index >= 15 is 0 Å². The normalized spacial score (nSPS) is 12.1. The van der Waals surface area contributed by atoms with E-state index in [-0.39, 0.29) is 6.04 Å². The van der Waals surface area contributed by atoms with E-state index in [0.29, 0.717) is 0 Å². The summed E-state index contributed by atoms with van der Waals surface area (Å²) in [6.45, 7) is 4.06. The van der Waals surface area contributed by atoms with E-state index in [2.05, 4.69) is 22.2 Å². The average Bonchev–Trinajstić information content (AvgIpc) is 2.30. The van der Waals surface area contributed by atoms with Gasteiger partial charge in [-0.25, -0.2) is 4.98 Å². The highest BCUT2D eigenvalue weighted by Crippen LogP contribution is 2.15. The molecule has 0 aliphatic heterocycles. The number of nitrogens with one attached hydrogen (secondary N) is 1. The Morgan fingerprint density at radius 1 is 1.12 bits per heavy atom. The summed E-state index contributed by atoms with van der Waals surface area (Å²) in [7, 11) is 0. The SMILES string of the molecule is Cc1cccc(NC(C)c2ccccn2)n1. The molecule has 82 valence electrons. The van der Waals surface area contributed by atoms with E-state index in [4.69, 9.17) is 0 Å². The Hall–Kier alpha value is -1.90. The van der Waals surface area contributed by atoms with Crippen LogP contribution < -0.4 is 5.32 Å². The van der Waals surface area contributed by atoms with Gasteiger partial charge in [0.15, 0.2) is 0 Å². The second kappa shape index (κ2) is 4.75. The Kier molecular flexibility index (Phi) is 3.15. The van der Waals surface area contributed by atoms with Crippen LogP contribution in [0.1, 0.15) is 24.4 Å². The monoisotopic (exact) mass is 213 g/mol. The van der Waals surface area contributed by atoms with Crippen LogP contribution in [0.5, 0.6) is 0 Å². The molecule has 16 heavy (non-hydrogen) atoms. The van der Waals surface area contributed by atoms with Gasteiger partial charge in [-0.1, -0.05) is 12.1 Å². The van der Waals surface area contributed by atoms with Gasteiger partial charge in [0, 0.05) is 11.9 Å². The quantitative estimate of drug-likeness (QED) is 0.851. The second-order valence-electron chi connectivity index (χ2n) is 3.78. The Labute approximate surface area is 95.6 Å². The number of pyridine rings is 2. The van der Waals surface area contributed by atoms with Gasteiger partial charge in [-0.15, -0.1) is 0 Å². The van der Waals surface area contributed by atoms with Crippen LogP contribution in [0.4, 0.5) is 5.82 Å². The van der Waals surface area contributed by atoms with Crippen LogP contribution in [0.3, 0.4) is 0 Å². The minimum Gasteiger partial charge on any atom is -0.362 e. The largest absolute Gasteiger partial charge is 0.362 e. The molecule has 0 bridgehead atoms. The van der Waals surface area contributed by atoms with E-state index in [1.807, 2.05) is 43.3 Å². The molecule has 2 aromatic heterocycles. The van der Waals surface area contributed by atoms with Crippen molar-refractivity contribution in [3.63, 3.8) is 0 Å². The number of hydrogen-bond acceptors (Lipinski definition) is 3. The highest BCUT2D eigenvalue weighted by atomic mass is 15.0. The van der Waals surface area contributed by atoms with Crippen molar-refractivity contribution in [2.75, 3.05) is 5.32 Å². The molecule has 0 amide bonds. The van der Waals surface area contributed by atoms with E-state index in [1.54, 1.807) is 6.20 Å². The van der Waals surface area contributed by atoms with Crippen molar-refractivity contribution in [2.45, 2.75) is 19.9 Å². The van der Waals surface area contributed by atoms with Gasteiger partial charge in [-0.3, -0.25) is 4.98 Å². The van der Waals surface area contributed by atoms with Crippen LogP contribution in [0, 0.1) is 6.92 Å². The van der Waals surface area contributed by atoms with Crippen molar-refractivity contribution in [3.05, 3.63) is 54.0 Å². The first kappa shape index (κ1) is 10.6. The first-order chi connectivity index (χ1) is 7.75. The third-order valence-corrected chi connectivity index (χ3v) is 2.38. The van der Waals surface area contributed by atoms with Crippen LogP contribution >= 0.6 is 0 Å². The lowest BCUT2D eigenvalue weighted by atomic mass is 10.2.